The lowest BCUT2D eigenvalue weighted by Crippen LogP contribution is -2.27. The number of rotatable bonds is 7. The van der Waals surface area contributed by atoms with Crippen LogP contribution >= 0.6 is 10.9 Å². The van der Waals surface area contributed by atoms with Crippen molar-refractivity contribution in [3.63, 3.8) is 0 Å². The van der Waals surface area contributed by atoms with Gasteiger partial charge in [-0.1, -0.05) is 48.5 Å². The van der Waals surface area contributed by atoms with Crippen molar-refractivity contribution in [3.05, 3.63) is 103 Å². The first-order valence-electron chi connectivity index (χ1n) is 12.0. The van der Waals surface area contributed by atoms with Gasteiger partial charge in [-0.3, -0.25) is 0 Å². The molecule has 1 aliphatic heterocycles. The Balaban J connectivity index is 1.20. The molecular weight excluding hydrogens is 468 g/mol. The van der Waals surface area contributed by atoms with Gasteiger partial charge in [-0.15, -0.1) is 0 Å². The fourth-order valence-corrected chi connectivity index (χ4v) is 6.86. The fourth-order valence-electron chi connectivity index (χ4n) is 4.25. The summed E-state index contributed by atoms with van der Waals surface area (Å²) in [7, 11) is -0.560. The summed E-state index contributed by atoms with van der Waals surface area (Å²) in [6.07, 6.45) is 0. The smallest absolute Gasteiger partial charge is 0.344 e. The van der Waals surface area contributed by atoms with Gasteiger partial charge in [-0.2, -0.15) is 10.9 Å². The summed E-state index contributed by atoms with van der Waals surface area (Å²) in [5.74, 6) is 1.07. The summed E-state index contributed by atoms with van der Waals surface area (Å²) in [5.41, 5.74) is 3.19. The van der Waals surface area contributed by atoms with Crippen LogP contribution in [0.25, 0.3) is 11.1 Å². The Labute approximate surface area is 215 Å². The van der Waals surface area contributed by atoms with E-state index in [1.165, 1.54) is 25.8 Å². The number of benzene rings is 4. The Morgan fingerprint density at radius 1 is 0.694 bits per heavy atom. The molecule has 4 aromatic rings. The summed E-state index contributed by atoms with van der Waals surface area (Å²) >= 11 is 0. The second kappa shape index (κ2) is 10.1. The van der Waals surface area contributed by atoms with Crippen LogP contribution in [0, 0.1) is 0 Å². The maximum atomic E-state index is 11.8. The van der Waals surface area contributed by atoms with Crippen molar-refractivity contribution in [2.75, 3.05) is 6.61 Å². The number of fused-ring (bicyclic) bond motifs is 3. The molecule has 0 spiro atoms. The van der Waals surface area contributed by atoms with Crippen LogP contribution in [-0.2, 0) is 16.1 Å². The molecule has 0 aromatic heterocycles. The first-order chi connectivity index (χ1) is 17.4. The van der Waals surface area contributed by atoms with Gasteiger partial charge in [-0.05, 0) is 90.9 Å². The minimum absolute atomic E-state index is 0.114. The quantitative estimate of drug-likeness (QED) is 0.187. The Morgan fingerprint density at radius 2 is 1.22 bits per heavy atom. The Morgan fingerprint density at radius 3 is 1.81 bits per heavy atom. The van der Waals surface area contributed by atoms with Crippen molar-refractivity contribution in [2.45, 2.75) is 47.7 Å². The van der Waals surface area contributed by atoms with Crippen LogP contribution in [0.2, 0.25) is 0 Å². The Kier molecular flexibility index (Phi) is 6.75. The molecule has 0 amide bonds. The monoisotopic (exact) mass is 498 g/mol. The summed E-state index contributed by atoms with van der Waals surface area (Å²) < 4.78 is 16.8. The van der Waals surface area contributed by atoms with Gasteiger partial charge in [0, 0.05) is 9.79 Å². The van der Waals surface area contributed by atoms with E-state index in [9.17, 15) is 4.79 Å². The molecule has 0 atom stereocenters. The minimum Gasteiger partial charge on any atom is -0.489 e. The third kappa shape index (κ3) is 5.42. The highest BCUT2D eigenvalue weighted by Gasteiger charge is 2.26. The molecule has 1 heterocycles. The minimum atomic E-state index is -0.560. The molecule has 0 aliphatic carbocycles. The molecule has 0 unspecified atom stereocenters. The van der Waals surface area contributed by atoms with Crippen LogP contribution in [0.1, 0.15) is 26.3 Å². The molecule has 0 bridgehead atoms. The van der Waals surface area contributed by atoms with Crippen molar-refractivity contribution >= 4 is 16.9 Å². The van der Waals surface area contributed by atoms with Crippen molar-refractivity contribution in [3.8, 4) is 22.6 Å². The van der Waals surface area contributed by atoms with Gasteiger partial charge in [-0.25, -0.2) is 4.79 Å². The second-order valence-corrected chi connectivity index (χ2v) is 11.8. The average molecular weight is 499 g/mol. The first-order valence-corrected chi connectivity index (χ1v) is 13.4. The third-order valence-corrected chi connectivity index (χ3v) is 8.34. The first kappa shape index (κ1) is 24.0. The lowest BCUT2D eigenvalue weighted by molar-refractivity contribution is -0.157. The van der Waals surface area contributed by atoms with E-state index >= 15 is 0 Å². The van der Waals surface area contributed by atoms with E-state index in [-0.39, 0.29) is 12.6 Å². The van der Waals surface area contributed by atoms with E-state index in [1.54, 1.807) is 0 Å². The van der Waals surface area contributed by atoms with E-state index in [1.807, 2.05) is 45.0 Å². The highest BCUT2D eigenvalue weighted by Crippen LogP contribution is 2.62. The largest absolute Gasteiger partial charge is 0.489 e. The van der Waals surface area contributed by atoms with E-state index < -0.39 is 16.5 Å². The maximum absolute atomic E-state index is 11.8. The molecule has 0 N–H and O–H groups in total. The number of hydrogen-bond donors (Lipinski definition) is 1. The van der Waals surface area contributed by atoms with E-state index in [2.05, 4.69) is 72.8 Å². The van der Waals surface area contributed by atoms with Crippen LogP contribution in [-0.4, -0.2) is 18.2 Å². The molecular formula is C31H30O4S. The third-order valence-electron chi connectivity index (χ3n) is 5.78. The molecule has 36 heavy (non-hydrogen) atoms. The van der Waals surface area contributed by atoms with Crippen molar-refractivity contribution < 1.29 is 19.0 Å². The average Bonchev–Trinajstić information content (AvgIpc) is 3.21. The zero-order valence-corrected chi connectivity index (χ0v) is 21.6. The lowest BCUT2D eigenvalue weighted by atomic mass is 10.1. The van der Waals surface area contributed by atoms with Crippen LogP contribution in [0.5, 0.6) is 11.5 Å². The van der Waals surface area contributed by atoms with Crippen LogP contribution < -0.4 is 9.47 Å². The number of hydrogen-bond acceptors (Lipinski definition) is 4. The Bertz CT molecular complexity index is 1310. The van der Waals surface area contributed by atoms with Crippen molar-refractivity contribution in [1.82, 2.24) is 0 Å². The summed E-state index contributed by atoms with van der Waals surface area (Å²) in [5, 5.41) is 0. The number of carbonyl (C=O) groups excluding carboxylic acids is 1. The summed E-state index contributed by atoms with van der Waals surface area (Å²) in [6, 6.07) is 33.5. The molecule has 4 nitrogen and oxygen atoms in total. The molecule has 0 saturated carbocycles. The zero-order chi connectivity index (χ0) is 25.1. The summed E-state index contributed by atoms with van der Waals surface area (Å²) in [4.78, 5) is 16.0. The highest BCUT2D eigenvalue weighted by molar-refractivity contribution is 8.17. The number of ether oxygens (including phenoxy) is 3. The lowest BCUT2D eigenvalue weighted by Gasteiger charge is -2.19. The van der Waals surface area contributed by atoms with E-state index in [0.717, 1.165) is 11.3 Å². The van der Waals surface area contributed by atoms with Crippen molar-refractivity contribution in [2.24, 2.45) is 0 Å². The van der Waals surface area contributed by atoms with Gasteiger partial charge in [0.1, 0.15) is 23.7 Å². The van der Waals surface area contributed by atoms with Gasteiger partial charge in [0.05, 0.1) is 0 Å². The number of carbonyl (C=O) groups is 1. The maximum Gasteiger partial charge on any atom is 0.344 e. The van der Waals surface area contributed by atoms with Crippen LogP contribution in [0.4, 0.5) is 0 Å². The predicted octanol–water partition coefficient (Wildman–Crippen LogP) is 7.44. The topological polar surface area (TPSA) is 44.8 Å². The molecule has 0 fully saturated rings. The molecule has 5 heteroatoms. The van der Waals surface area contributed by atoms with Gasteiger partial charge in [0.2, 0.25) is 0 Å². The SMILES string of the molecule is CC(C)(C)OC(=O)COc1ccc(COc2ccc([SH]3c4ccccc4-c4ccccc43)cc2)cc1. The normalized spacial score (nSPS) is 13.0. The van der Waals surface area contributed by atoms with Gasteiger partial charge < -0.3 is 14.2 Å². The van der Waals surface area contributed by atoms with Crippen LogP contribution in [0.15, 0.2) is 112 Å². The predicted molar refractivity (Wildman–Crippen MR) is 144 cm³/mol. The molecule has 184 valence electrons. The van der Waals surface area contributed by atoms with E-state index in [0.29, 0.717) is 12.4 Å². The number of thiol groups is 1. The molecule has 0 radical (unpaired) electrons. The van der Waals surface area contributed by atoms with E-state index in [4.69, 9.17) is 14.2 Å². The highest BCUT2D eigenvalue weighted by atomic mass is 32.2. The van der Waals surface area contributed by atoms with Crippen LogP contribution in [0.3, 0.4) is 0 Å². The standard InChI is InChI=1S/C31H30O4S/c1-31(2,3)35-30(32)21-34-23-14-12-22(13-15-23)20-33-24-16-18-25(19-17-24)36-28-10-6-4-8-26(28)27-9-5-7-11-29(27)36/h4-19,36H,20-21H2,1-3H3. The summed E-state index contributed by atoms with van der Waals surface area (Å²) in [6.45, 7) is 5.84. The molecule has 5 rings (SSSR count). The van der Waals surface area contributed by atoms with Crippen molar-refractivity contribution in [1.29, 1.82) is 0 Å². The van der Waals surface area contributed by atoms with Gasteiger partial charge in [0.25, 0.3) is 0 Å². The second-order valence-electron chi connectivity index (χ2n) is 9.67. The van der Waals surface area contributed by atoms with Gasteiger partial charge >= 0.3 is 5.97 Å². The molecule has 0 saturated heterocycles. The van der Waals surface area contributed by atoms with Gasteiger partial charge in [0.15, 0.2) is 6.61 Å². The molecule has 4 aromatic carbocycles. The molecule has 1 aliphatic rings. The Hall–Kier alpha value is -3.70. The number of esters is 1. The fraction of sp³-hybridized carbons (Fsp3) is 0.194. The zero-order valence-electron chi connectivity index (χ0n) is 20.7.